The summed E-state index contributed by atoms with van der Waals surface area (Å²) in [6.07, 6.45) is -0.0142. The Morgan fingerprint density at radius 1 is 1.21 bits per heavy atom. The third-order valence-corrected chi connectivity index (χ3v) is 1.26. The molecule has 0 saturated heterocycles. The predicted molar refractivity (Wildman–Crippen MR) is 44.8 cm³/mol. The maximum absolute atomic E-state index is 10.6. The van der Waals surface area contributed by atoms with E-state index in [-0.39, 0.29) is 19.4 Å². The van der Waals surface area contributed by atoms with Gasteiger partial charge in [0.1, 0.15) is 0 Å². The summed E-state index contributed by atoms with van der Waals surface area (Å²) in [5.74, 6) is -3.81. The van der Waals surface area contributed by atoms with Gasteiger partial charge in [0.2, 0.25) is 0 Å². The first kappa shape index (κ1) is 12.9. The number of esters is 2. The first-order valence-corrected chi connectivity index (χ1v) is 4.12. The molecule has 0 aliphatic carbocycles. The third-order valence-electron chi connectivity index (χ3n) is 1.26. The first-order chi connectivity index (χ1) is 6.39. The molecule has 0 aromatic carbocycles. The molecule has 0 heterocycles. The summed E-state index contributed by atoms with van der Waals surface area (Å²) in [6.45, 7) is 1.95. The molecular weight excluding hydrogens is 192 g/mol. The molecule has 0 atom stereocenters. The van der Waals surface area contributed by atoms with E-state index in [4.69, 9.17) is 5.11 Å². The summed E-state index contributed by atoms with van der Waals surface area (Å²) in [7, 11) is 0. The average molecular weight is 206 g/mol. The van der Waals surface area contributed by atoms with Crippen molar-refractivity contribution < 1.29 is 29.3 Å². The summed E-state index contributed by atoms with van der Waals surface area (Å²) < 4.78 is 8.83. The van der Waals surface area contributed by atoms with Crippen LogP contribution < -0.4 is 0 Å². The zero-order valence-corrected chi connectivity index (χ0v) is 8.15. The van der Waals surface area contributed by atoms with Gasteiger partial charge in [0.25, 0.3) is 0 Å². The van der Waals surface area contributed by atoms with Crippen LogP contribution in [0.3, 0.4) is 0 Å². The highest BCUT2D eigenvalue weighted by Crippen LogP contribution is 2.17. The molecule has 0 aromatic heterocycles. The van der Waals surface area contributed by atoms with Crippen molar-refractivity contribution in [2.45, 2.75) is 32.7 Å². The van der Waals surface area contributed by atoms with Crippen LogP contribution in [-0.2, 0) is 19.1 Å². The molecule has 14 heavy (non-hydrogen) atoms. The zero-order valence-electron chi connectivity index (χ0n) is 8.15. The first-order valence-electron chi connectivity index (χ1n) is 4.12. The summed E-state index contributed by atoms with van der Waals surface area (Å²) in [5.41, 5.74) is 0. The van der Waals surface area contributed by atoms with Gasteiger partial charge in [-0.1, -0.05) is 0 Å². The lowest BCUT2D eigenvalue weighted by atomic mass is 10.3. The van der Waals surface area contributed by atoms with E-state index in [0.717, 1.165) is 13.8 Å². The third kappa shape index (κ3) is 5.50. The molecule has 2 N–H and O–H groups in total. The molecule has 0 aromatic rings. The molecule has 82 valence electrons. The summed E-state index contributed by atoms with van der Waals surface area (Å²) >= 11 is 0. The fraction of sp³-hybridized carbons (Fsp3) is 0.750. The molecule has 6 nitrogen and oxygen atoms in total. The Bertz CT molecular complexity index is 196. The van der Waals surface area contributed by atoms with Crippen molar-refractivity contribution in [1.29, 1.82) is 0 Å². The van der Waals surface area contributed by atoms with Gasteiger partial charge in [0.05, 0.1) is 6.42 Å². The van der Waals surface area contributed by atoms with Crippen LogP contribution >= 0.6 is 0 Å². The van der Waals surface area contributed by atoms with E-state index < -0.39 is 17.9 Å². The van der Waals surface area contributed by atoms with E-state index in [1.54, 1.807) is 0 Å². The molecular formula is C8H14O6. The summed E-state index contributed by atoms with van der Waals surface area (Å²) in [6, 6.07) is 0. The maximum atomic E-state index is 10.6. The van der Waals surface area contributed by atoms with Crippen molar-refractivity contribution in [3.05, 3.63) is 0 Å². The molecule has 0 spiro atoms. The van der Waals surface area contributed by atoms with Crippen LogP contribution in [0.4, 0.5) is 0 Å². The molecule has 6 heteroatoms. The summed E-state index contributed by atoms with van der Waals surface area (Å²) in [4.78, 5) is 21.1. The Morgan fingerprint density at radius 2 is 1.64 bits per heavy atom. The number of hydrogen-bond donors (Lipinski definition) is 2. The van der Waals surface area contributed by atoms with Gasteiger partial charge in [0, 0.05) is 20.5 Å². The zero-order chi connectivity index (χ0) is 11.2. The van der Waals surface area contributed by atoms with Gasteiger partial charge in [-0.05, 0) is 6.42 Å². The lowest BCUT2D eigenvalue weighted by Crippen LogP contribution is -2.39. The minimum absolute atomic E-state index is 0.150. The Hall–Kier alpha value is -1.14. The van der Waals surface area contributed by atoms with Crippen molar-refractivity contribution in [3.8, 4) is 0 Å². The Balaban J connectivity index is 4.31. The Morgan fingerprint density at radius 3 is 1.93 bits per heavy atom. The van der Waals surface area contributed by atoms with Crippen LogP contribution in [0.15, 0.2) is 0 Å². The van der Waals surface area contributed by atoms with Crippen molar-refractivity contribution in [1.82, 2.24) is 0 Å². The number of carbonyl (C=O) groups is 2. The van der Waals surface area contributed by atoms with Crippen LogP contribution in [0.5, 0.6) is 0 Å². The molecule has 0 amide bonds. The van der Waals surface area contributed by atoms with Gasteiger partial charge in [-0.3, -0.25) is 9.59 Å². The fourth-order valence-electron chi connectivity index (χ4n) is 0.875. The molecule has 0 rings (SSSR count). The van der Waals surface area contributed by atoms with Gasteiger partial charge < -0.3 is 19.7 Å². The number of rotatable bonds is 5. The van der Waals surface area contributed by atoms with Crippen LogP contribution in [-0.4, -0.2) is 34.7 Å². The molecule has 0 saturated carbocycles. The Kier molecular flexibility index (Phi) is 5.11. The van der Waals surface area contributed by atoms with E-state index in [2.05, 4.69) is 9.47 Å². The molecule has 0 aliphatic heterocycles. The smallest absolute Gasteiger partial charge is 0.373 e. The quantitative estimate of drug-likeness (QED) is 0.466. The molecule has 0 fully saturated rings. The minimum atomic E-state index is -2.26. The summed E-state index contributed by atoms with van der Waals surface area (Å²) in [5, 5.41) is 18.0. The molecule has 0 radical (unpaired) electrons. The minimum Gasteiger partial charge on any atom is -0.398 e. The standard InChI is InChI=1S/C8H14O6/c1-6(10)13-8(12,4-3-5-9)14-7(2)11/h9,12H,3-5H2,1-2H3. The highest BCUT2D eigenvalue weighted by atomic mass is 16.8. The van der Waals surface area contributed by atoms with Gasteiger partial charge >= 0.3 is 17.9 Å². The van der Waals surface area contributed by atoms with Gasteiger partial charge in [-0.15, -0.1) is 0 Å². The van der Waals surface area contributed by atoms with E-state index >= 15 is 0 Å². The van der Waals surface area contributed by atoms with E-state index in [1.807, 2.05) is 0 Å². The monoisotopic (exact) mass is 206 g/mol. The SMILES string of the molecule is CC(=O)OC(O)(CCCO)OC(C)=O. The number of aliphatic hydroxyl groups is 2. The molecule has 0 bridgehead atoms. The highest BCUT2D eigenvalue weighted by molar-refractivity contribution is 5.68. The topological polar surface area (TPSA) is 93.1 Å². The van der Waals surface area contributed by atoms with Crippen LogP contribution in [0.1, 0.15) is 26.7 Å². The van der Waals surface area contributed by atoms with E-state index in [9.17, 15) is 14.7 Å². The van der Waals surface area contributed by atoms with Crippen molar-refractivity contribution in [2.75, 3.05) is 6.61 Å². The second-order valence-electron chi connectivity index (χ2n) is 2.73. The van der Waals surface area contributed by atoms with E-state index in [1.165, 1.54) is 0 Å². The number of carbonyl (C=O) groups excluding carboxylic acids is 2. The second kappa shape index (κ2) is 5.56. The van der Waals surface area contributed by atoms with Gasteiger partial charge in [-0.25, -0.2) is 0 Å². The van der Waals surface area contributed by atoms with Gasteiger partial charge in [-0.2, -0.15) is 0 Å². The van der Waals surface area contributed by atoms with Crippen LogP contribution in [0, 0.1) is 0 Å². The Labute approximate surface area is 81.4 Å². The van der Waals surface area contributed by atoms with Crippen molar-refractivity contribution in [2.24, 2.45) is 0 Å². The number of hydrogen-bond acceptors (Lipinski definition) is 6. The average Bonchev–Trinajstić information content (AvgIpc) is 1.97. The number of ether oxygens (including phenoxy) is 2. The largest absolute Gasteiger partial charge is 0.398 e. The highest BCUT2D eigenvalue weighted by Gasteiger charge is 2.33. The fourth-order valence-corrected chi connectivity index (χ4v) is 0.875. The predicted octanol–water partition coefficient (Wildman–Crippen LogP) is -0.469. The molecule has 0 unspecified atom stereocenters. The van der Waals surface area contributed by atoms with Crippen LogP contribution in [0.25, 0.3) is 0 Å². The van der Waals surface area contributed by atoms with Crippen LogP contribution in [0.2, 0.25) is 0 Å². The second-order valence-corrected chi connectivity index (χ2v) is 2.73. The van der Waals surface area contributed by atoms with Crippen molar-refractivity contribution in [3.63, 3.8) is 0 Å². The van der Waals surface area contributed by atoms with E-state index in [0.29, 0.717) is 0 Å². The normalized spacial score (nSPS) is 10.9. The molecule has 0 aliphatic rings. The lowest BCUT2D eigenvalue weighted by Gasteiger charge is -2.25. The van der Waals surface area contributed by atoms with Crippen molar-refractivity contribution >= 4 is 11.9 Å². The number of aliphatic hydroxyl groups excluding tert-OH is 1. The maximum Gasteiger partial charge on any atom is 0.373 e. The van der Waals surface area contributed by atoms with Gasteiger partial charge in [0.15, 0.2) is 0 Å². The lowest BCUT2D eigenvalue weighted by molar-refractivity contribution is -0.326.